The molecule has 0 amide bonds. The molecule has 0 spiro atoms. The number of methoxy groups -OCH3 is 1. The number of aromatic nitrogens is 1. The van der Waals surface area contributed by atoms with Crippen molar-refractivity contribution in [3.05, 3.63) is 34.8 Å². The predicted molar refractivity (Wildman–Crippen MR) is 96.9 cm³/mol. The van der Waals surface area contributed by atoms with E-state index in [-0.39, 0.29) is 5.76 Å². The van der Waals surface area contributed by atoms with E-state index in [9.17, 15) is 4.79 Å². The summed E-state index contributed by atoms with van der Waals surface area (Å²) in [5.74, 6) is 0.481. The number of nitrogens with zero attached hydrogens (tertiary/aromatic N) is 3. The Balaban J connectivity index is 1.43. The van der Waals surface area contributed by atoms with E-state index >= 15 is 0 Å². The molecule has 4 heterocycles. The summed E-state index contributed by atoms with van der Waals surface area (Å²) < 4.78 is 12.4. The molecule has 0 radical (unpaired) electrons. The van der Waals surface area contributed by atoms with E-state index in [0.29, 0.717) is 18.2 Å². The van der Waals surface area contributed by atoms with E-state index in [4.69, 9.17) is 9.15 Å². The van der Waals surface area contributed by atoms with Gasteiger partial charge in [-0.1, -0.05) is 12.1 Å². The van der Waals surface area contributed by atoms with Crippen LogP contribution in [0.25, 0.3) is 11.1 Å². The summed E-state index contributed by atoms with van der Waals surface area (Å²) >= 11 is 0. The minimum atomic E-state index is -0.249. The van der Waals surface area contributed by atoms with E-state index in [2.05, 4.69) is 9.80 Å². The summed E-state index contributed by atoms with van der Waals surface area (Å²) in [6.45, 7) is 6.81. The van der Waals surface area contributed by atoms with Crippen LogP contribution in [0, 0.1) is 5.92 Å². The molecule has 6 nitrogen and oxygen atoms in total. The Hall–Kier alpha value is -1.63. The van der Waals surface area contributed by atoms with Gasteiger partial charge in [0, 0.05) is 52.4 Å². The summed E-state index contributed by atoms with van der Waals surface area (Å²) in [7, 11) is 1.77. The number of benzene rings is 1. The lowest BCUT2D eigenvalue weighted by Crippen LogP contribution is -2.45. The van der Waals surface area contributed by atoms with Crippen molar-refractivity contribution < 1.29 is 9.15 Å². The highest BCUT2D eigenvalue weighted by molar-refractivity contribution is 5.72. The number of oxazole rings is 1. The molecule has 3 aliphatic heterocycles. The van der Waals surface area contributed by atoms with Gasteiger partial charge in [0.05, 0.1) is 12.1 Å². The first-order valence-corrected chi connectivity index (χ1v) is 9.28. The average Bonchev–Trinajstić information content (AvgIpc) is 2.76. The quantitative estimate of drug-likeness (QED) is 0.797. The summed E-state index contributed by atoms with van der Waals surface area (Å²) in [4.78, 5) is 17.3. The van der Waals surface area contributed by atoms with Crippen molar-refractivity contribution in [2.75, 3.05) is 46.4 Å². The van der Waals surface area contributed by atoms with Crippen molar-refractivity contribution in [1.82, 2.24) is 14.4 Å². The lowest BCUT2D eigenvalue weighted by molar-refractivity contribution is 0.0868. The van der Waals surface area contributed by atoms with Crippen molar-refractivity contribution in [2.24, 2.45) is 5.92 Å². The largest absolute Gasteiger partial charge is 0.419 e. The fraction of sp³-hybridized carbons (Fsp3) is 0.632. The number of piperidine rings is 1. The molecule has 0 unspecified atom stereocenters. The third kappa shape index (κ3) is 3.52. The minimum Gasteiger partial charge on any atom is -0.408 e. The van der Waals surface area contributed by atoms with Crippen LogP contribution >= 0.6 is 0 Å². The van der Waals surface area contributed by atoms with Gasteiger partial charge in [0.1, 0.15) is 0 Å². The van der Waals surface area contributed by atoms with E-state index in [1.54, 1.807) is 11.7 Å². The van der Waals surface area contributed by atoms with Crippen molar-refractivity contribution >= 4 is 11.1 Å². The molecule has 2 aromatic rings. The van der Waals surface area contributed by atoms with Crippen LogP contribution in [0.15, 0.2) is 33.5 Å². The Bertz CT molecular complexity index is 769. The third-order valence-electron chi connectivity index (χ3n) is 5.70. The van der Waals surface area contributed by atoms with Gasteiger partial charge in [0.2, 0.25) is 0 Å². The molecular formula is C19H27N3O3. The van der Waals surface area contributed by atoms with Crippen LogP contribution in [0.4, 0.5) is 0 Å². The Labute approximate surface area is 147 Å². The molecule has 6 heteroatoms. The van der Waals surface area contributed by atoms with Gasteiger partial charge in [-0.3, -0.25) is 14.4 Å². The normalized spacial score (nSPS) is 24.8. The number of hydrogen-bond acceptors (Lipinski definition) is 5. The van der Waals surface area contributed by atoms with Crippen LogP contribution in [-0.2, 0) is 11.3 Å². The molecule has 3 fully saturated rings. The second kappa shape index (κ2) is 7.32. The smallest absolute Gasteiger partial charge is 0.408 e. The molecule has 1 aromatic heterocycles. The molecule has 1 aromatic carbocycles. The van der Waals surface area contributed by atoms with E-state index < -0.39 is 0 Å². The minimum absolute atomic E-state index is 0.249. The second-order valence-electron chi connectivity index (χ2n) is 7.33. The topological polar surface area (TPSA) is 50.9 Å². The maximum Gasteiger partial charge on any atom is 0.419 e. The Kier molecular flexibility index (Phi) is 4.92. The van der Waals surface area contributed by atoms with E-state index in [1.165, 1.54) is 19.4 Å². The van der Waals surface area contributed by atoms with Crippen LogP contribution < -0.4 is 5.76 Å². The monoisotopic (exact) mass is 345 g/mol. The number of rotatable bonds is 6. The van der Waals surface area contributed by atoms with Crippen LogP contribution in [0.5, 0.6) is 0 Å². The molecule has 0 aliphatic carbocycles. The van der Waals surface area contributed by atoms with E-state index in [0.717, 1.165) is 44.2 Å². The van der Waals surface area contributed by atoms with Gasteiger partial charge in [-0.2, -0.15) is 0 Å². The molecule has 3 aliphatic rings. The van der Waals surface area contributed by atoms with Crippen molar-refractivity contribution in [2.45, 2.75) is 25.4 Å². The van der Waals surface area contributed by atoms with Gasteiger partial charge in [-0.15, -0.1) is 0 Å². The molecule has 2 atom stereocenters. The highest BCUT2D eigenvalue weighted by Gasteiger charge is 2.34. The summed E-state index contributed by atoms with van der Waals surface area (Å²) in [5.41, 5.74) is 1.57. The highest BCUT2D eigenvalue weighted by atomic mass is 16.5. The van der Waals surface area contributed by atoms with Crippen molar-refractivity contribution in [1.29, 1.82) is 0 Å². The van der Waals surface area contributed by atoms with Crippen LogP contribution in [0.1, 0.15) is 12.8 Å². The molecule has 2 bridgehead atoms. The van der Waals surface area contributed by atoms with Gasteiger partial charge >= 0.3 is 5.76 Å². The van der Waals surface area contributed by atoms with E-state index in [1.807, 2.05) is 24.3 Å². The lowest BCUT2D eigenvalue weighted by Gasteiger charge is -2.35. The first-order valence-electron chi connectivity index (χ1n) is 9.28. The first kappa shape index (κ1) is 16.8. The van der Waals surface area contributed by atoms with Crippen molar-refractivity contribution in [3.63, 3.8) is 0 Å². The zero-order valence-electron chi connectivity index (χ0n) is 14.9. The van der Waals surface area contributed by atoms with Gasteiger partial charge in [-0.05, 0) is 30.9 Å². The Morgan fingerprint density at radius 2 is 2.00 bits per heavy atom. The number of ether oxygens (including phenoxy) is 1. The lowest BCUT2D eigenvalue weighted by atomic mass is 9.95. The van der Waals surface area contributed by atoms with Gasteiger partial charge in [-0.25, -0.2) is 4.79 Å². The van der Waals surface area contributed by atoms with Gasteiger partial charge in [0.25, 0.3) is 0 Å². The maximum atomic E-state index is 12.1. The molecule has 0 saturated carbocycles. The first-order chi connectivity index (χ1) is 12.2. The van der Waals surface area contributed by atoms with Crippen molar-refractivity contribution in [3.8, 4) is 0 Å². The maximum absolute atomic E-state index is 12.1. The van der Waals surface area contributed by atoms with Crippen LogP contribution in [0.2, 0.25) is 0 Å². The zero-order valence-corrected chi connectivity index (χ0v) is 14.9. The van der Waals surface area contributed by atoms with Gasteiger partial charge in [0.15, 0.2) is 5.58 Å². The fourth-order valence-corrected chi connectivity index (χ4v) is 4.41. The van der Waals surface area contributed by atoms with Crippen LogP contribution in [-0.4, -0.2) is 66.8 Å². The molecule has 3 saturated heterocycles. The molecule has 5 rings (SSSR count). The Morgan fingerprint density at radius 3 is 2.88 bits per heavy atom. The standard InChI is InChI=1S/C19H27N3O3/c1-24-11-10-21-13-15-6-7-16(21)14-20(12-15)8-9-22-17-4-2-3-5-18(17)25-19(22)23/h2-5,15-16H,6-14H2,1H3/t15-,16+/m0/s1. The van der Waals surface area contributed by atoms with Gasteiger partial charge < -0.3 is 9.15 Å². The number of fused-ring (bicyclic) bond motifs is 5. The number of hydrogen-bond donors (Lipinski definition) is 0. The summed E-state index contributed by atoms with van der Waals surface area (Å²) in [6, 6.07) is 8.28. The Morgan fingerprint density at radius 1 is 1.12 bits per heavy atom. The third-order valence-corrected chi connectivity index (χ3v) is 5.70. The fourth-order valence-electron chi connectivity index (χ4n) is 4.41. The van der Waals surface area contributed by atoms with Crippen LogP contribution in [0.3, 0.4) is 0 Å². The molecule has 136 valence electrons. The SMILES string of the molecule is COCCN1C[C@H]2CC[C@@H]1CN(CCn1c(=O)oc3ccccc31)C2. The summed E-state index contributed by atoms with van der Waals surface area (Å²) in [5, 5.41) is 0. The molecule has 0 N–H and O–H groups in total. The summed E-state index contributed by atoms with van der Waals surface area (Å²) in [6.07, 6.45) is 2.60. The molecular weight excluding hydrogens is 318 g/mol. The predicted octanol–water partition coefficient (Wildman–Crippen LogP) is 1.64. The highest BCUT2D eigenvalue weighted by Crippen LogP contribution is 2.27. The average molecular weight is 345 g/mol. The zero-order chi connectivity index (χ0) is 17.2. The second-order valence-corrected chi connectivity index (χ2v) is 7.33. The molecule has 25 heavy (non-hydrogen) atoms. The number of para-hydroxylation sites is 2.